The quantitative estimate of drug-likeness (QED) is 0.630. The van der Waals surface area contributed by atoms with Gasteiger partial charge < -0.3 is 14.7 Å². The van der Waals surface area contributed by atoms with Gasteiger partial charge in [0, 0.05) is 6.54 Å². The Hall–Kier alpha value is -1.32. The first-order valence-corrected chi connectivity index (χ1v) is 7.86. The van der Waals surface area contributed by atoms with Crippen LogP contribution in [0.1, 0.15) is 16.5 Å². The normalized spacial score (nSPS) is 18.7. The third kappa shape index (κ3) is 4.36. The summed E-state index contributed by atoms with van der Waals surface area (Å²) >= 11 is 1.22. The molecule has 1 N–H and O–H groups in total. The van der Waals surface area contributed by atoms with Crippen molar-refractivity contribution in [2.45, 2.75) is 11.6 Å². The number of hydrogen-bond donors (Lipinski definition) is 1. The molecule has 0 bridgehead atoms. The lowest BCUT2D eigenvalue weighted by Gasteiger charge is -2.24. The standard InChI is InChI=1S/C14H15F4NO3S/c15-11-7-9(1-2-10(11)14(16,17)18)13-19(12(21)8-23-13)3-5-22-6-4-20/h1-2,7,13,20H,3-6,8H2. The summed E-state index contributed by atoms with van der Waals surface area (Å²) in [4.78, 5) is 13.3. The predicted octanol–water partition coefficient (Wildman–Crippen LogP) is 2.43. The Morgan fingerprint density at radius 2 is 2.09 bits per heavy atom. The molecule has 2 rings (SSSR count). The maximum absolute atomic E-state index is 13.7. The highest BCUT2D eigenvalue weighted by atomic mass is 32.2. The van der Waals surface area contributed by atoms with Crippen molar-refractivity contribution in [2.75, 3.05) is 32.1 Å². The molecule has 9 heteroatoms. The Kier molecular flexibility index (Phi) is 5.88. The number of alkyl halides is 3. The van der Waals surface area contributed by atoms with Crippen molar-refractivity contribution in [1.82, 2.24) is 4.90 Å². The lowest BCUT2D eigenvalue weighted by Crippen LogP contribution is -2.32. The summed E-state index contributed by atoms with van der Waals surface area (Å²) in [5, 5.41) is 8.07. The number of carbonyl (C=O) groups is 1. The summed E-state index contributed by atoms with van der Waals surface area (Å²) < 4.78 is 56.5. The van der Waals surface area contributed by atoms with Crippen LogP contribution >= 0.6 is 11.8 Å². The van der Waals surface area contributed by atoms with E-state index in [2.05, 4.69) is 0 Å². The van der Waals surface area contributed by atoms with Crippen LogP contribution in [0.2, 0.25) is 0 Å². The lowest BCUT2D eigenvalue weighted by atomic mass is 10.1. The first-order chi connectivity index (χ1) is 10.8. The van der Waals surface area contributed by atoms with E-state index in [1.165, 1.54) is 22.7 Å². The number of nitrogens with zero attached hydrogens (tertiary/aromatic N) is 1. The highest BCUT2D eigenvalue weighted by Gasteiger charge is 2.36. The van der Waals surface area contributed by atoms with Crippen LogP contribution in [0, 0.1) is 5.82 Å². The van der Waals surface area contributed by atoms with Gasteiger partial charge in [0.2, 0.25) is 5.91 Å². The van der Waals surface area contributed by atoms with Gasteiger partial charge in [-0.15, -0.1) is 11.8 Å². The maximum atomic E-state index is 13.7. The van der Waals surface area contributed by atoms with Gasteiger partial charge in [-0.25, -0.2) is 4.39 Å². The molecule has 0 radical (unpaired) electrons. The second kappa shape index (κ2) is 7.50. The Morgan fingerprint density at radius 1 is 1.35 bits per heavy atom. The smallest absolute Gasteiger partial charge is 0.394 e. The van der Waals surface area contributed by atoms with Crippen molar-refractivity contribution in [3.8, 4) is 0 Å². The van der Waals surface area contributed by atoms with Crippen LogP contribution in [0.5, 0.6) is 0 Å². The molecule has 0 aromatic heterocycles. The molecule has 1 saturated heterocycles. The molecule has 1 aliphatic heterocycles. The van der Waals surface area contributed by atoms with Gasteiger partial charge in [-0.05, 0) is 17.7 Å². The number of carbonyl (C=O) groups excluding carboxylic acids is 1. The molecule has 1 heterocycles. The van der Waals surface area contributed by atoms with Crippen LogP contribution < -0.4 is 0 Å². The number of ether oxygens (including phenoxy) is 1. The van der Waals surface area contributed by atoms with Gasteiger partial charge in [-0.3, -0.25) is 4.79 Å². The van der Waals surface area contributed by atoms with E-state index >= 15 is 0 Å². The highest BCUT2D eigenvalue weighted by Crippen LogP contribution is 2.40. The first-order valence-electron chi connectivity index (χ1n) is 6.81. The third-order valence-corrected chi connectivity index (χ3v) is 4.52. The van der Waals surface area contributed by atoms with Crippen LogP contribution in [0.4, 0.5) is 17.6 Å². The van der Waals surface area contributed by atoms with Crippen LogP contribution in [0.3, 0.4) is 0 Å². The number of amides is 1. The second-order valence-electron chi connectivity index (χ2n) is 4.82. The third-order valence-electron chi connectivity index (χ3n) is 3.26. The minimum Gasteiger partial charge on any atom is -0.394 e. The van der Waals surface area contributed by atoms with E-state index in [-0.39, 0.29) is 38.0 Å². The van der Waals surface area contributed by atoms with Gasteiger partial charge in [-0.1, -0.05) is 6.07 Å². The molecule has 0 saturated carbocycles. The molecule has 1 amide bonds. The molecule has 128 valence electrons. The van der Waals surface area contributed by atoms with Gasteiger partial charge in [0.15, 0.2) is 0 Å². The Bertz CT molecular complexity index is 567. The molecule has 1 fully saturated rings. The molecule has 1 aromatic carbocycles. The summed E-state index contributed by atoms with van der Waals surface area (Å²) in [6, 6.07) is 2.69. The van der Waals surface area contributed by atoms with Gasteiger partial charge in [0.05, 0.1) is 31.1 Å². The minimum atomic E-state index is -4.75. The number of thioether (sulfide) groups is 1. The number of halogens is 4. The van der Waals surface area contributed by atoms with E-state index in [4.69, 9.17) is 9.84 Å². The Balaban J connectivity index is 2.13. The van der Waals surface area contributed by atoms with E-state index in [9.17, 15) is 22.4 Å². The van der Waals surface area contributed by atoms with Gasteiger partial charge >= 0.3 is 6.18 Å². The molecule has 0 aliphatic carbocycles. The van der Waals surface area contributed by atoms with E-state index in [0.717, 1.165) is 6.07 Å². The zero-order valence-electron chi connectivity index (χ0n) is 12.0. The average molecular weight is 353 g/mol. The summed E-state index contributed by atoms with van der Waals surface area (Å²) in [5.41, 5.74) is -1.03. The van der Waals surface area contributed by atoms with Crippen LogP contribution in [-0.4, -0.2) is 48.0 Å². The monoisotopic (exact) mass is 353 g/mol. The molecular weight excluding hydrogens is 338 g/mol. The average Bonchev–Trinajstić information content (AvgIpc) is 2.83. The number of aliphatic hydroxyl groups is 1. The molecule has 4 nitrogen and oxygen atoms in total. The van der Waals surface area contributed by atoms with Gasteiger partial charge in [-0.2, -0.15) is 13.2 Å². The Labute approximate surface area is 134 Å². The number of hydrogen-bond acceptors (Lipinski definition) is 4. The van der Waals surface area contributed by atoms with Crippen molar-refractivity contribution in [1.29, 1.82) is 0 Å². The van der Waals surface area contributed by atoms with E-state index in [1.54, 1.807) is 0 Å². The number of benzene rings is 1. The molecule has 23 heavy (non-hydrogen) atoms. The van der Waals surface area contributed by atoms with Crippen molar-refractivity contribution in [3.05, 3.63) is 35.1 Å². The first kappa shape index (κ1) is 18.0. The van der Waals surface area contributed by atoms with E-state index in [1.807, 2.05) is 0 Å². The van der Waals surface area contributed by atoms with Gasteiger partial charge in [0.1, 0.15) is 11.2 Å². The zero-order chi connectivity index (χ0) is 17.0. The fourth-order valence-corrected chi connectivity index (χ4v) is 3.42. The maximum Gasteiger partial charge on any atom is 0.419 e. The van der Waals surface area contributed by atoms with Gasteiger partial charge in [0.25, 0.3) is 0 Å². The Morgan fingerprint density at radius 3 is 2.70 bits per heavy atom. The molecular formula is C14H15F4NO3S. The fourth-order valence-electron chi connectivity index (χ4n) is 2.22. The number of rotatable bonds is 6. The van der Waals surface area contributed by atoms with E-state index < -0.39 is 22.9 Å². The van der Waals surface area contributed by atoms with Crippen molar-refractivity contribution < 1.29 is 32.2 Å². The van der Waals surface area contributed by atoms with Crippen LogP contribution in [-0.2, 0) is 15.7 Å². The summed E-state index contributed by atoms with van der Waals surface area (Å²) in [6.45, 7) is 0.399. The SMILES string of the molecule is O=C1CSC(c2ccc(C(F)(F)F)c(F)c2)N1CCOCCO. The largest absolute Gasteiger partial charge is 0.419 e. The van der Waals surface area contributed by atoms with Crippen molar-refractivity contribution >= 4 is 17.7 Å². The summed E-state index contributed by atoms with van der Waals surface area (Å²) in [5.74, 6) is -1.37. The van der Waals surface area contributed by atoms with E-state index in [0.29, 0.717) is 11.6 Å². The fraction of sp³-hybridized carbons (Fsp3) is 0.500. The molecule has 0 spiro atoms. The highest BCUT2D eigenvalue weighted by molar-refractivity contribution is 8.00. The summed E-state index contributed by atoms with van der Waals surface area (Å²) in [7, 11) is 0. The minimum absolute atomic E-state index is 0.134. The molecule has 1 aromatic rings. The topological polar surface area (TPSA) is 49.8 Å². The molecule has 1 aliphatic rings. The van der Waals surface area contributed by atoms with Crippen molar-refractivity contribution in [2.24, 2.45) is 0 Å². The van der Waals surface area contributed by atoms with Crippen LogP contribution in [0.25, 0.3) is 0 Å². The number of aliphatic hydroxyl groups excluding tert-OH is 1. The second-order valence-corrected chi connectivity index (χ2v) is 5.89. The molecule has 1 atom stereocenters. The zero-order valence-corrected chi connectivity index (χ0v) is 12.8. The lowest BCUT2D eigenvalue weighted by molar-refractivity contribution is -0.140. The predicted molar refractivity (Wildman–Crippen MR) is 76.2 cm³/mol. The summed E-state index contributed by atoms with van der Waals surface area (Å²) in [6.07, 6.45) is -4.75. The van der Waals surface area contributed by atoms with Crippen molar-refractivity contribution in [3.63, 3.8) is 0 Å². The van der Waals surface area contributed by atoms with Crippen LogP contribution in [0.15, 0.2) is 18.2 Å². The molecule has 1 unspecified atom stereocenters.